The van der Waals surface area contributed by atoms with Gasteiger partial charge in [-0.05, 0) is 37.1 Å². The lowest BCUT2D eigenvalue weighted by Crippen LogP contribution is -2.39. The maximum absolute atomic E-state index is 12.4. The number of nitrogens with one attached hydrogen (secondary N) is 1. The first kappa shape index (κ1) is 19.1. The van der Waals surface area contributed by atoms with Crippen LogP contribution in [0, 0.1) is 6.92 Å². The molecule has 0 aliphatic carbocycles. The number of rotatable bonds is 7. The summed E-state index contributed by atoms with van der Waals surface area (Å²) in [4.78, 5) is 13.9. The summed E-state index contributed by atoms with van der Waals surface area (Å²) in [5.41, 5.74) is 1.89. The number of amides is 1. The molecule has 0 bridgehead atoms. The summed E-state index contributed by atoms with van der Waals surface area (Å²) in [6, 6.07) is 16.3. The quantitative estimate of drug-likeness (QED) is 0.826. The molecule has 25 heavy (non-hydrogen) atoms. The van der Waals surface area contributed by atoms with Crippen LogP contribution in [-0.2, 0) is 14.8 Å². The van der Waals surface area contributed by atoms with Gasteiger partial charge in [0.2, 0.25) is 15.9 Å². The molecular weight excluding hydrogens is 336 g/mol. The van der Waals surface area contributed by atoms with Crippen molar-refractivity contribution in [3.05, 3.63) is 65.7 Å². The third-order valence-electron chi connectivity index (χ3n) is 4.10. The minimum absolute atomic E-state index is 0.0916. The Labute approximate surface area is 149 Å². The molecule has 0 fully saturated rings. The maximum Gasteiger partial charge on any atom is 0.240 e. The first-order chi connectivity index (χ1) is 11.8. The van der Waals surface area contributed by atoms with E-state index < -0.39 is 10.0 Å². The molecule has 0 aliphatic rings. The van der Waals surface area contributed by atoms with Crippen molar-refractivity contribution in [1.29, 1.82) is 0 Å². The van der Waals surface area contributed by atoms with Gasteiger partial charge in [0.25, 0.3) is 0 Å². The molecule has 1 N–H and O–H groups in total. The van der Waals surface area contributed by atoms with Crippen LogP contribution in [0.4, 0.5) is 0 Å². The summed E-state index contributed by atoms with van der Waals surface area (Å²) in [6.45, 7) is 5.74. The van der Waals surface area contributed by atoms with Gasteiger partial charge in [-0.25, -0.2) is 13.1 Å². The standard InChI is InChI=1S/C19H24N2O3S/c1-15-8-7-11-19(14-15)25(23,24)20-12-13-21(17(3)22)16(2)18-9-5-4-6-10-18/h4-11,14,16,20H,12-13H2,1-3H3. The van der Waals surface area contributed by atoms with E-state index in [-0.39, 0.29) is 23.4 Å². The largest absolute Gasteiger partial charge is 0.335 e. The van der Waals surface area contributed by atoms with Gasteiger partial charge in [0.1, 0.15) is 0 Å². The first-order valence-electron chi connectivity index (χ1n) is 8.20. The van der Waals surface area contributed by atoms with E-state index in [9.17, 15) is 13.2 Å². The zero-order chi connectivity index (χ0) is 18.4. The number of benzene rings is 2. The number of carbonyl (C=O) groups is 1. The van der Waals surface area contributed by atoms with Gasteiger partial charge in [-0.1, -0.05) is 42.5 Å². The van der Waals surface area contributed by atoms with E-state index in [4.69, 9.17) is 0 Å². The lowest BCUT2D eigenvalue weighted by molar-refractivity contribution is -0.130. The second-order valence-corrected chi connectivity index (χ2v) is 7.78. The fraction of sp³-hybridized carbons (Fsp3) is 0.316. The summed E-state index contributed by atoms with van der Waals surface area (Å²) < 4.78 is 27.3. The van der Waals surface area contributed by atoms with E-state index in [0.29, 0.717) is 6.54 Å². The summed E-state index contributed by atoms with van der Waals surface area (Å²) in [6.07, 6.45) is 0. The van der Waals surface area contributed by atoms with Crippen molar-refractivity contribution < 1.29 is 13.2 Å². The average molecular weight is 360 g/mol. The van der Waals surface area contributed by atoms with Crippen molar-refractivity contribution in [1.82, 2.24) is 9.62 Å². The fourth-order valence-electron chi connectivity index (χ4n) is 2.70. The Morgan fingerprint density at radius 2 is 1.80 bits per heavy atom. The zero-order valence-electron chi connectivity index (χ0n) is 14.8. The normalized spacial score (nSPS) is 12.6. The van der Waals surface area contributed by atoms with Crippen molar-refractivity contribution >= 4 is 15.9 Å². The van der Waals surface area contributed by atoms with Gasteiger partial charge in [0, 0.05) is 20.0 Å². The molecular formula is C19H24N2O3S. The van der Waals surface area contributed by atoms with E-state index in [0.717, 1.165) is 11.1 Å². The summed E-state index contributed by atoms with van der Waals surface area (Å²) in [5.74, 6) is -0.0916. The van der Waals surface area contributed by atoms with E-state index in [1.165, 1.54) is 6.92 Å². The molecule has 0 saturated carbocycles. The lowest BCUT2D eigenvalue weighted by atomic mass is 10.1. The lowest BCUT2D eigenvalue weighted by Gasteiger charge is -2.28. The minimum Gasteiger partial charge on any atom is -0.335 e. The zero-order valence-corrected chi connectivity index (χ0v) is 15.6. The highest BCUT2D eigenvalue weighted by Gasteiger charge is 2.20. The topological polar surface area (TPSA) is 66.5 Å². The second-order valence-electron chi connectivity index (χ2n) is 6.01. The molecule has 5 nitrogen and oxygen atoms in total. The SMILES string of the molecule is CC(=O)N(CCNS(=O)(=O)c1cccc(C)c1)C(C)c1ccccc1. The number of aryl methyl sites for hydroxylation is 1. The monoisotopic (exact) mass is 360 g/mol. The molecule has 0 radical (unpaired) electrons. The molecule has 0 saturated heterocycles. The number of sulfonamides is 1. The second kappa shape index (κ2) is 8.27. The van der Waals surface area contributed by atoms with Crippen LogP contribution in [-0.4, -0.2) is 32.3 Å². The van der Waals surface area contributed by atoms with E-state index in [2.05, 4.69) is 4.72 Å². The highest BCUT2D eigenvalue weighted by molar-refractivity contribution is 7.89. The van der Waals surface area contributed by atoms with Crippen LogP contribution < -0.4 is 4.72 Å². The smallest absolute Gasteiger partial charge is 0.240 e. The first-order valence-corrected chi connectivity index (χ1v) is 9.68. The van der Waals surface area contributed by atoms with Crippen molar-refractivity contribution in [2.45, 2.75) is 31.7 Å². The Morgan fingerprint density at radius 3 is 2.40 bits per heavy atom. The van der Waals surface area contributed by atoms with Crippen LogP contribution in [0.2, 0.25) is 0 Å². The molecule has 134 valence electrons. The van der Waals surface area contributed by atoms with Gasteiger partial charge in [0.15, 0.2) is 0 Å². The van der Waals surface area contributed by atoms with Crippen molar-refractivity contribution in [2.75, 3.05) is 13.1 Å². The number of nitrogens with zero attached hydrogens (tertiary/aromatic N) is 1. The van der Waals surface area contributed by atoms with Crippen LogP contribution in [0.1, 0.15) is 31.0 Å². The molecule has 0 aliphatic heterocycles. The number of hydrogen-bond acceptors (Lipinski definition) is 3. The highest BCUT2D eigenvalue weighted by Crippen LogP contribution is 2.19. The molecule has 2 rings (SSSR count). The van der Waals surface area contributed by atoms with Crippen molar-refractivity contribution in [2.24, 2.45) is 0 Å². The molecule has 1 unspecified atom stereocenters. The predicted octanol–water partition coefficient (Wildman–Crippen LogP) is 2.88. The van der Waals surface area contributed by atoms with Crippen LogP contribution in [0.3, 0.4) is 0 Å². The van der Waals surface area contributed by atoms with Crippen molar-refractivity contribution in [3.63, 3.8) is 0 Å². The predicted molar refractivity (Wildman–Crippen MR) is 98.6 cm³/mol. The Hall–Kier alpha value is -2.18. The Bertz CT molecular complexity index is 820. The molecule has 2 aromatic carbocycles. The molecule has 0 spiro atoms. The van der Waals surface area contributed by atoms with Crippen LogP contribution >= 0.6 is 0 Å². The molecule has 0 aromatic heterocycles. The summed E-state index contributed by atoms with van der Waals surface area (Å²) in [7, 11) is -3.58. The third kappa shape index (κ3) is 5.14. The van der Waals surface area contributed by atoms with Gasteiger partial charge in [0.05, 0.1) is 10.9 Å². The molecule has 2 aromatic rings. The minimum atomic E-state index is -3.58. The highest BCUT2D eigenvalue weighted by atomic mass is 32.2. The number of carbonyl (C=O) groups excluding carboxylic acids is 1. The van der Waals surface area contributed by atoms with E-state index >= 15 is 0 Å². The van der Waals surface area contributed by atoms with Gasteiger partial charge >= 0.3 is 0 Å². The summed E-state index contributed by atoms with van der Waals surface area (Å²) in [5, 5.41) is 0. The van der Waals surface area contributed by atoms with Gasteiger partial charge < -0.3 is 4.90 Å². The van der Waals surface area contributed by atoms with E-state index in [1.54, 1.807) is 23.1 Å². The maximum atomic E-state index is 12.4. The Morgan fingerprint density at radius 1 is 1.12 bits per heavy atom. The summed E-state index contributed by atoms with van der Waals surface area (Å²) >= 11 is 0. The van der Waals surface area contributed by atoms with Crippen LogP contribution in [0.25, 0.3) is 0 Å². The molecule has 0 heterocycles. The molecule has 1 amide bonds. The number of hydrogen-bond donors (Lipinski definition) is 1. The van der Waals surface area contributed by atoms with Gasteiger partial charge in [-0.3, -0.25) is 4.79 Å². The fourth-order valence-corrected chi connectivity index (χ4v) is 3.83. The van der Waals surface area contributed by atoms with Crippen LogP contribution in [0.5, 0.6) is 0 Å². The van der Waals surface area contributed by atoms with Crippen molar-refractivity contribution in [3.8, 4) is 0 Å². The molecule has 6 heteroatoms. The molecule has 1 atom stereocenters. The van der Waals surface area contributed by atoms with Crippen LogP contribution in [0.15, 0.2) is 59.5 Å². The van der Waals surface area contributed by atoms with E-state index in [1.807, 2.05) is 50.2 Å². The third-order valence-corrected chi connectivity index (χ3v) is 5.56. The Balaban J connectivity index is 2.03. The Kier molecular flexibility index (Phi) is 6.33. The van der Waals surface area contributed by atoms with Gasteiger partial charge in [-0.15, -0.1) is 0 Å². The average Bonchev–Trinajstić information content (AvgIpc) is 2.58. The van der Waals surface area contributed by atoms with Gasteiger partial charge in [-0.2, -0.15) is 0 Å².